The van der Waals surface area contributed by atoms with Crippen LogP contribution in [0.25, 0.3) is 39.0 Å². The van der Waals surface area contributed by atoms with Crippen molar-refractivity contribution in [1.29, 1.82) is 0 Å². The second-order valence-electron chi connectivity index (χ2n) is 16.3. The summed E-state index contributed by atoms with van der Waals surface area (Å²) < 4.78 is 54.5. The lowest BCUT2D eigenvalue weighted by molar-refractivity contribution is -0.133. The Morgan fingerprint density at radius 2 is 1.76 bits per heavy atom. The normalized spacial score (nSPS) is 24.7. The summed E-state index contributed by atoms with van der Waals surface area (Å²) in [5, 5.41) is 8.74. The van der Waals surface area contributed by atoms with Crippen LogP contribution in [0.5, 0.6) is 0 Å². The smallest absolute Gasteiger partial charge is 0.245 e. The predicted molar refractivity (Wildman–Crippen MR) is 211 cm³/mol. The number of hydrogen-bond donors (Lipinski definition) is 1. The number of rotatable bonds is 3. The zero-order valence-electron chi connectivity index (χ0n) is 32.0. The Morgan fingerprint density at radius 3 is 2.60 bits per heavy atom. The van der Waals surface area contributed by atoms with Crippen LogP contribution in [0.3, 0.4) is 0 Å². The first-order valence-electron chi connectivity index (χ1n) is 19.9. The molecular weight excluding hydrogens is 750 g/mol. The number of benzene rings is 2. The number of nitrogens with one attached hydrogen (secondary N) is 1. The van der Waals surface area contributed by atoms with Crippen molar-refractivity contribution in [3.05, 3.63) is 78.0 Å². The molecule has 0 radical (unpaired) electrons. The second kappa shape index (κ2) is 13.4. The molecule has 14 nitrogen and oxygen atoms in total. The van der Waals surface area contributed by atoms with E-state index >= 15 is 13.6 Å². The maximum Gasteiger partial charge on any atom is 0.245 e. The number of carbonyl (C=O) groups is 1. The van der Waals surface area contributed by atoms with E-state index in [2.05, 4.69) is 27.3 Å². The van der Waals surface area contributed by atoms with E-state index < -0.39 is 23.5 Å². The Bertz CT molecular complexity index is 2620. The highest BCUT2D eigenvalue weighted by atomic mass is 19.1. The van der Waals surface area contributed by atoms with Gasteiger partial charge >= 0.3 is 0 Å². The van der Waals surface area contributed by atoms with E-state index in [1.165, 1.54) is 28.9 Å². The second-order valence-corrected chi connectivity index (χ2v) is 16.3. The van der Waals surface area contributed by atoms with Crippen molar-refractivity contribution in [3.63, 3.8) is 0 Å². The zero-order chi connectivity index (χ0) is 39.4. The van der Waals surface area contributed by atoms with E-state index in [0.29, 0.717) is 96.8 Å². The summed E-state index contributed by atoms with van der Waals surface area (Å²) in [4.78, 5) is 43.5. The molecule has 11 rings (SSSR count). The van der Waals surface area contributed by atoms with Crippen molar-refractivity contribution in [1.82, 2.24) is 44.1 Å². The van der Waals surface area contributed by atoms with E-state index in [0.717, 1.165) is 31.1 Å². The number of amides is 1. The van der Waals surface area contributed by atoms with Gasteiger partial charge in [-0.3, -0.25) is 4.79 Å². The predicted octanol–water partition coefficient (Wildman–Crippen LogP) is 4.54. The summed E-state index contributed by atoms with van der Waals surface area (Å²) in [6.07, 6.45) is 3.34. The van der Waals surface area contributed by atoms with Crippen LogP contribution in [-0.4, -0.2) is 127 Å². The molecule has 3 unspecified atom stereocenters. The zero-order valence-corrected chi connectivity index (χ0v) is 32.0. The Kier molecular flexibility index (Phi) is 8.15. The molecule has 5 aliphatic heterocycles. The van der Waals surface area contributed by atoms with E-state index in [1.807, 2.05) is 39.5 Å². The van der Waals surface area contributed by atoms with Gasteiger partial charge in [0.15, 0.2) is 11.5 Å². The lowest BCUT2D eigenvalue weighted by Gasteiger charge is -2.55. The van der Waals surface area contributed by atoms with E-state index in [-0.39, 0.29) is 35.8 Å². The number of likely N-dealkylation sites (tertiary alicyclic amines) is 1. The number of piperidine rings is 1. The summed E-state index contributed by atoms with van der Waals surface area (Å²) in [7, 11) is 2.10. The lowest BCUT2D eigenvalue weighted by Crippen LogP contribution is -2.68. The van der Waals surface area contributed by atoms with Crippen molar-refractivity contribution in [2.45, 2.75) is 63.0 Å². The van der Waals surface area contributed by atoms with Crippen LogP contribution in [0.4, 0.5) is 30.8 Å². The molecule has 4 aromatic heterocycles. The van der Waals surface area contributed by atoms with E-state index in [4.69, 9.17) is 24.7 Å². The van der Waals surface area contributed by atoms with Crippen LogP contribution in [-0.2, 0) is 16.1 Å². The summed E-state index contributed by atoms with van der Waals surface area (Å²) in [6.45, 7) is 5.71. The first kappa shape index (κ1) is 35.4. The van der Waals surface area contributed by atoms with Crippen LogP contribution >= 0.6 is 0 Å². The van der Waals surface area contributed by atoms with Gasteiger partial charge in [-0.1, -0.05) is 6.07 Å². The molecule has 298 valence electrons. The SMILES string of the molecule is Cc1nc2cc(F)cc3c2n1C[C@@H]1CN(CCCO1)C(=O)[C@@H]1CC(CN1c1nc(N2C4CC2CN(C)C4)nc2c1cnn2-c1ccc(F)cc1F)Nc1cccc-3n1. The average molecular weight is 791 g/mol. The van der Waals surface area contributed by atoms with Gasteiger partial charge in [0.2, 0.25) is 11.9 Å². The van der Waals surface area contributed by atoms with Crippen molar-refractivity contribution >= 4 is 45.6 Å². The summed E-state index contributed by atoms with van der Waals surface area (Å²) in [5.74, 6) is 0.355. The number of nitrogens with zero attached hydrogens (tertiary/aromatic N) is 11. The average Bonchev–Trinajstić information content (AvgIpc) is 3.83. The quantitative estimate of drug-likeness (QED) is 0.272. The first-order valence-corrected chi connectivity index (χ1v) is 19.9. The number of aryl methyl sites for hydroxylation is 1. The lowest BCUT2D eigenvalue weighted by atomic mass is 9.88. The molecule has 8 bridgehead atoms. The van der Waals surface area contributed by atoms with E-state index in [9.17, 15) is 4.39 Å². The number of carbonyl (C=O) groups excluding carboxylic acids is 1. The molecule has 5 atom stereocenters. The molecule has 4 saturated heterocycles. The fourth-order valence-electron chi connectivity index (χ4n) is 9.86. The minimum Gasteiger partial charge on any atom is -0.374 e. The Morgan fingerprint density at radius 1 is 0.897 bits per heavy atom. The third-order valence-electron chi connectivity index (χ3n) is 12.4. The molecule has 0 aliphatic carbocycles. The molecule has 2 aromatic carbocycles. The number of halogens is 3. The van der Waals surface area contributed by atoms with Gasteiger partial charge in [0, 0.05) is 75.2 Å². The van der Waals surface area contributed by atoms with Gasteiger partial charge in [-0.15, -0.1) is 0 Å². The molecular formula is C41H41F3N12O2. The number of aromatic nitrogens is 7. The number of hydrogen-bond acceptors (Lipinski definition) is 11. The first-order chi connectivity index (χ1) is 28.1. The molecule has 4 fully saturated rings. The van der Waals surface area contributed by atoms with Gasteiger partial charge in [-0.2, -0.15) is 15.1 Å². The number of pyridine rings is 1. The summed E-state index contributed by atoms with van der Waals surface area (Å²) in [5.41, 5.74) is 2.92. The summed E-state index contributed by atoms with van der Waals surface area (Å²) in [6, 6.07) is 11.4. The standard InChI is InChI=1S/C41H41F3N12O2/c1-22-46-33-13-24(43)11-29-32-5-3-6-36(48-32)47-25-14-35(40(57)52-9-4-10-58-28(20-52)21-53(22)37(29)33)54(17-25)38-30-16-45-56(34-8-7-23(42)12-31(34)44)39(30)50-41(49-38)55-26-15-27(55)19-51(2)18-26/h3,5-8,11-13,16,25-28,35H,4,9-10,14-15,17-21H2,1-2H3,(H,47,48)/t25?,26?,27?,28-,35-/m0/s1. The van der Waals surface area contributed by atoms with Gasteiger partial charge in [0.1, 0.15) is 40.8 Å². The molecule has 0 spiro atoms. The van der Waals surface area contributed by atoms with E-state index in [1.54, 1.807) is 6.20 Å². The van der Waals surface area contributed by atoms with Gasteiger partial charge in [0.25, 0.3) is 0 Å². The van der Waals surface area contributed by atoms with Gasteiger partial charge in [-0.05, 0) is 63.6 Å². The Hall–Kier alpha value is -5.81. The van der Waals surface area contributed by atoms with Crippen LogP contribution in [0.1, 0.15) is 25.1 Å². The number of anilines is 3. The van der Waals surface area contributed by atoms with Crippen molar-refractivity contribution in [2.75, 3.05) is 61.5 Å². The highest BCUT2D eigenvalue weighted by Gasteiger charge is 2.47. The Labute approximate surface area is 331 Å². The van der Waals surface area contributed by atoms with Crippen molar-refractivity contribution in [3.8, 4) is 16.9 Å². The van der Waals surface area contributed by atoms with Crippen LogP contribution in [0, 0.1) is 24.4 Å². The molecule has 1 N–H and O–H groups in total. The number of ether oxygens (including phenoxy) is 1. The minimum atomic E-state index is -0.773. The van der Waals surface area contributed by atoms with Gasteiger partial charge < -0.3 is 34.2 Å². The maximum atomic E-state index is 15.4. The number of likely N-dealkylation sites (N-methyl/N-ethyl adjacent to an activating group) is 1. The van der Waals surface area contributed by atoms with Crippen LogP contribution < -0.4 is 15.1 Å². The fraction of sp³-hybridized carbons (Fsp3) is 0.415. The fourth-order valence-corrected chi connectivity index (χ4v) is 9.86. The molecule has 0 saturated carbocycles. The highest BCUT2D eigenvalue weighted by molar-refractivity contribution is 5.94. The molecule has 58 heavy (non-hydrogen) atoms. The van der Waals surface area contributed by atoms with Crippen molar-refractivity contribution < 1.29 is 22.7 Å². The largest absolute Gasteiger partial charge is 0.374 e. The monoisotopic (exact) mass is 790 g/mol. The molecule has 17 heteroatoms. The minimum absolute atomic E-state index is 0.0546. The molecule has 5 aliphatic rings. The Balaban J connectivity index is 1.05. The third kappa shape index (κ3) is 5.76. The molecule has 9 heterocycles. The van der Waals surface area contributed by atoms with Gasteiger partial charge in [-0.25, -0.2) is 27.8 Å². The number of fused-ring (bicyclic) bond motifs is 10. The molecule has 1 amide bonds. The van der Waals surface area contributed by atoms with Gasteiger partial charge in [0.05, 0.1) is 41.0 Å². The van der Waals surface area contributed by atoms with Crippen LogP contribution in [0.15, 0.2) is 54.7 Å². The third-order valence-corrected chi connectivity index (χ3v) is 12.4. The molecule has 6 aromatic rings. The topological polar surface area (TPSA) is 126 Å². The highest BCUT2D eigenvalue weighted by Crippen LogP contribution is 2.40. The summed E-state index contributed by atoms with van der Waals surface area (Å²) >= 11 is 0. The van der Waals surface area contributed by atoms with Crippen molar-refractivity contribution in [2.24, 2.45) is 0 Å². The number of imidazole rings is 1. The van der Waals surface area contributed by atoms with Crippen LogP contribution in [0.2, 0.25) is 0 Å². The maximum absolute atomic E-state index is 15.4. The number of piperazine rings is 1.